The van der Waals surface area contributed by atoms with Crippen LogP contribution in [0.3, 0.4) is 0 Å². The molecule has 4 nitrogen and oxygen atoms in total. The van der Waals surface area contributed by atoms with E-state index in [0.717, 1.165) is 36.1 Å². The first kappa shape index (κ1) is 17.0. The van der Waals surface area contributed by atoms with Gasteiger partial charge in [-0.15, -0.1) is 0 Å². The number of nitro groups is 1. The fourth-order valence-electron chi connectivity index (χ4n) is 6.11. The summed E-state index contributed by atoms with van der Waals surface area (Å²) in [5.41, 5.74) is 4.63. The van der Waals surface area contributed by atoms with E-state index in [2.05, 4.69) is 29.2 Å². The number of nitrogens with zero attached hydrogens (tertiary/aromatic N) is 2. The molecule has 2 aliphatic heterocycles. The third kappa shape index (κ3) is 2.36. The van der Waals surface area contributed by atoms with Gasteiger partial charge in [-0.05, 0) is 53.5 Å². The molecule has 2 heterocycles. The number of nitro benzene ring substituents is 1. The summed E-state index contributed by atoms with van der Waals surface area (Å²) in [7, 11) is 0. The van der Waals surface area contributed by atoms with E-state index < -0.39 is 0 Å². The molecular weight excluding hydrogens is 367 g/mol. The number of non-ortho nitro benzene ring substituents is 1. The first-order valence-electron chi connectivity index (χ1n) is 10.3. The van der Waals surface area contributed by atoms with E-state index in [1.54, 1.807) is 24.3 Å². The molecule has 0 N–H and O–H groups in total. The number of halogens is 1. The zero-order valence-corrected chi connectivity index (χ0v) is 15.9. The fraction of sp³-hybridized carbons (Fsp3) is 0.333. The van der Waals surface area contributed by atoms with Gasteiger partial charge < -0.3 is 4.90 Å². The van der Waals surface area contributed by atoms with Gasteiger partial charge >= 0.3 is 0 Å². The van der Waals surface area contributed by atoms with Gasteiger partial charge in [0.2, 0.25) is 0 Å². The van der Waals surface area contributed by atoms with E-state index in [9.17, 15) is 14.5 Å². The van der Waals surface area contributed by atoms with Gasteiger partial charge in [-0.1, -0.05) is 36.4 Å². The van der Waals surface area contributed by atoms with Crippen LogP contribution >= 0.6 is 0 Å². The zero-order valence-electron chi connectivity index (χ0n) is 15.9. The van der Waals surface area contributed by atoms with Crippen molar-refractivity contribution < 1.29 is 9.31 Å². The lowest BCUT2D eigenvalue weighted by molar-refractivity contribution is -0.384. The lowest BCUT2D eigenvalue weighted by Crippen LogP contribution is -2.46. The average molecular weight is 388 g/mol. The minimum atomic E-state index is -0.351. The second-order valence-electron chi connectivity index (χ2n) is 8.68. The van der Waals surface area contributed by atoms with Crippen molar-refractivity contribution in [2.45, 2.75) is 30.7 Å². The molecule has 146 valence electrons. The molecule has 2 aliphatic carbocycles. The van der Waals surface area contributed by atoms with E-state index in [0.29, 0.717) is 11.8 Å². The van der Waals surface area contributed by atoms with Crippen molar-refractivity contribution in [3.8, 4) is 0 Å². The van der Waals surface area contributed by atoms with Crippen molar-refractivity contribution in [1.29, 1.82) is 0 Å². The van der Waals surface area contributed by atoms with Crippen LogP contribution in [0.1, 0.15) is 47.4 Å². The molecule has 29 heavy (non-hydrogen) atoms. The Balaban J connectivity index is 1.54. The monoisotopic (exact) mass is 388 g/mol. The Kier molecular flexibility index (Phi) is 3.52. The van der Waals surface area contributed by atoms with Gasteiger partial charge in [0.15, 0.2) is 0 Å². The Labute approximate surface area is 168 Å². The van der Waals surface area contributed by atoms with E-state index in [1.165, 1.54) is 5.69 Å². The molecule has 0 unspecified atom stereocenters. The Morgan fingerprint density at radius 3 is 2.45 bits per heavy atom. The highest BCUT2D eigenvalue weighted by molar-refractivity contribution is 5.70. The minimum Gasteiger partial charge on any atom is -0.363 e. The van der Waals surface area contributed by atoms with Gasteiger partial charge in [0, 0.05) is 36.2 Å². The third-order valence-electron chi connectivity index (χ3n) is 7.26. The number of rotatable bonds is 2. The summed E-state index contributed by atoms with van der Waals surface area (Å²) >= 11 is 0. The zero-order chi connectivity index (χ0) is 19.7. The van der Waals surface area contributed by atoms with Crippen molar-refractivity contribution in [3.63, 3.8) is 0 Å². The summed E-state index contributed by atoms with van der Waals surface area (Å²) in [6.07, 6.45) is 10.9. The number of allylic oxidation sites excluding steroid dienone is 4. The van der Waals surface area contributed by atoms with Crippen LogP contribution in [0.25, 0.3) is 0 Å². The molecule has 2 aromatic rings. The van der Waals surface area contributed by atoms with Crippen LogP contribution in [0.2, 0.25) is 0 Å². The Morgan fingerprint density at radius 2 is 1.69 bits per heavy atom. The summed E-state index contributed by atoms with van der Waals surface area (Å²) in [4.78, 5) is 13.2. The van der Waals surface area contributed by atoms with Gasteiger partial charge in [0.05, 0.1) is 11.0 Å². The molecule has 2 aromatic carbocycles. The lowest BCUT2D eigenvalue weighted by Gasteiger charge is -2.51. The summed E-state index contributed by atoms with van der Waals surface area (Å²) in [5.74, 6) is 1.12. The third-order valence-corrected chi connectivity index (χ3v) is 7.26. The van der Waals surface area contributed by atoms with Gasteiger partial charge in [-0.25, -0.2) is 4.39 Å². The molecule has 4 aliphatic rings. The topological polar surface area (TPSA) is 46.4 Å². The van der Waals surface area contributed by atoms with Crippen molar-refractivity contribution in [2.24, 2.45) is 11.8 Å². The number of fused-ring (bicyclic) bond motifs is 4. The molecule has 0 saturated carbocycles. The Morgan fingerprint density at radius 1 is 1.00 bits per heavy atom. The Hall–Kier alpha value is -2.95. The predicted molar refractivity (Wildman–Crippen MR) is 110 cm³/mol. The normalized spacial score (nSPS) is 30.8. The van der Waals surface area contributed by atoms with Crippen LogP contribution in [0.15, 0.2) is 60.7 Å². The number of benzene rings is 2. The molecule has 0 bridgehead atoms. The van der Waals surface area contributed by atoms with Crippen molar-refractivity contribution >= 4 is 11.4 Å². The molecule has 0 radical (unpaired) electrons. The van der Waals surface area contributed by atoms with Crippen LogP contribution in [-0.4, -0.2) is 11.5 Å². The summed E-state index contributed by atoms with van der Waals surface area (Å²) in [5, 5.41) is 11.1. The molecule has 0 aromatic heterocycles. The van der Waals surface area contributed by atoms with Crippen LogP contribution in [0.4, 0.5) is 15.8 Å². The van der Waals surface area contributed by atoms with E-state index in [-0.39, 0.29) is 34.3 Å². The van der Waals surface area contributed by atoms with Crippen LogP contribution in [0.5, 0.6) is 0 Å². The smallest absolute Gasteiger partial charge is 0.269 e. The SMILES string of the molecule is O=[N+]([O-])c1ccc([C@H]2[C@@H]3CC=C[C@@H]3c3cc(F)cc4c3N2C[C@@H]2CC=C[C@@H]42)cc1. The number of hydrogen-bond donors (Lipinski definition) is 0. The first-order chi connectivity index (χ1) is 14.1. The highest BCUT2D eigenvalue weighted by Gasteiger charge is 2.47. The van der Waals surface area contributed by atoms with Crippen molar-refractivity contribution in [1.82, 2.24) is 0 Å². The van der Waals surface area contributed by atoms with Crippen LogP contribution in [0, 0.1) is 27.8 Å². The van der Waals surface area contributed by atoms with Gasteiger partial charge in [-0.3, -0.25) is 10.1 Å². The van der Waals surface area contributed by atoms with E-state index in [1.807, 2.05) is 12.1 Å². The standard InChI is InChI=1S/C24H21FN2O2/c25-16-11-21-18-4-1-3-15(18)13-26-23(14-7-9-17(10-8-14)27(28)29)20-6-2-5-19(20)22(12-16)24(21)26/h1-2,4-5,7-12,15,18-20,23H,3,6,13H2/t15-,18+,19-,20+,23-/m0/s1. The molecule has 0 fully saturated rings. The number of hydrogen-bond acceptors (Lipinski definition) is 3. The minimum absolute atomic E-state index is 0.118. The summed E-state index contributed by atoms with van der Waals surface area (Å²) in [6.45, 7) is 0.939. The molecule has 6 rings (SSSR count). The van der Waals surface area contributed by atoms with Crippen LogP contribution in [-0.2, 0) is 0 Å². The molecule has 5 heteroatoms. The van der Waals surface area contributed by atoms with E-state index >= 15 is 0 Å². The van der Waals surface area contributed by atoms with E-state index in [4.69, 9.17) is 0 Å². The summed E-state index contributed by atoms with van der Waals surface area (Å²) < 4.78 is 14.6. The maximum absolute atomic E-state index is 14.6. The maximum atomic E-state index is 14.6. The molecule has 5 atom stereocenters. The largest absolute Gasteiger partial charge is 0.363 e. The lowest BCUT2D eigenvalue weighted by atomic mass is 9.70. The highest BCUT2D eigenvalue weighted by Crippen LogP contribution is 2.58. The quantitative estimate of drug-likeness (QED) is 0.381. The Bertz CT molecular complexity index is 1060. The van der Waals surface area contributed by atoms with Crippen molar-refractivity contribution in [3.05, 3.63) is 93.3 Å². The second kappa shape index (κ2) is 6.02. The highest BCUT2D eigenvalue weighted by atomic mass is 19.1. The van der Waals surface area contributed by atoms with Gasteiger partial charge in [0.1, 0.15) is 5.82 Å². The van der Waals surface area contributed by atoms with Gasteiger partial charge in [-0.2, -0.15) is 0 Å². The first-order valence-corrected chi connectivity index (χ1v) is 10.3. The van der Waals surface area contributed by atoms with Crippen LogP contribution < -0.4 is 4.90 Å². The molecular formula is C24H21FN2O2. The molecule has 0 amide bonds. The predicted octanol–water partition coefficient (Wildman–Crippen LogP) is 5.63. The molecule has 0 saturated heterocycles. The summed E-state index contributed by atoms with van der Waals surface area (Å²) in [6, 6.07) is 10.6. The molecule has 0 spiro atoms. The number of anilines is 1. The van der Waals surface area contributed by atoms with Gasteiger partial charge in [0.25, 0.3) is 5.69 Å². The van der Waals surface area contributed by atoms with Crippen molar-refractivity contribution in [2.75, 3.05) is 11.4 Å². The maximum Gasteiger partial charge on any atom is 0.269 e. The average Bonchev–Trinajstić information content (AvgIpc) is 3.37. The second-order valence-corrected chi connectivity index (χ2v) is 8.68. The fourth-order valence-corrected chi connectivity index (χ4v) is 6.11.